The van der Waals surface area contributed by atoms with Gasteiger partial charge in [0.2, 0.25) is 5.91 Å². The van der Waals surface area contributed by atoms with Crippen LogP contribution in [0.2, 0.25) is 0 Å². The lowest BCUT2D eigenvalue weighted by molar-refractivity contribution is -0.119. The maximum absolute atomic E-state index is 12.4. The number of carbonyl (C=O) groups is 2. The van der Waals surface area contributed by atoms with Crippen LogP contribution in [0.15, 0.2) is 42.5 Å². The molecule has 2 N–H and O–H groups in total. The van der Waals surface area contributed by atoms with E-state index in [1.807, 2.05) is 61.2 Å². The number of ether oxygens (including phenoxy) is 1. The Kier molecular flexibility index (Phi) is 5.96. The van der Waals surface area contributed by atoms with Gasteiger partial charge in [-0.25, -0.2) is 0 Å². The monoisotopic (exact) mass is 367 g/mol. The highest BCUT2D eigenvalue weighted by molar-refractivity contribution is 6.02. The maximum atomic E-state index is 12.4. The van der Waals surface area contributed by atoms with E-state index in [-0.39, 0.29) is 18.4 Å². The fourth-order valence-corrected chi connectivity index (χ4v) is 3.18. The summed E-state index contributed by atoms with van der Waals surface area (Å²) in [5.41, 5.74) is 3.49. The van der Waals surface area contributed by atoms with Crippen molar-refractivity contribution in [3.05, 3.63) is 59.2 Å². The molecule has 1 aliphatic rings. The molecule has 0 saturated carbocycles. The van der Waals surface area contributed by atoms with Crippen LogP contribution in [0.5, 0.6) is 5.75 Å². The van der Waals surface area contributed by atoms with Gasteiger partial charge in [0.1, 0.15) is 12.4 Å². The van der Waals surface area contributed by atoms with Gasteiger partial charge >= 0.3 is 0 Å². The quantitative estimate of drug-likeness (QED) is 0.767. The van der Waals surface area contributed by atoms with Crippen LogP contribution in [0, 0.1) is 13.8 Å². The summed E-state index contributed by atoms with van der Waals surface area (Å²) in [5.74, 6) is 0.618. The third-order valence-corrected chi connectivity index (χ3v) is 4.50. The van der Waals surface area contributed by atoms with Crippen molar-refractivity contribution < 1.29 is 14.3 Å². The average Bonchev–Trinajstić information content (AvgIpc) is 2.79. The van der Waals surface area contributed by atoms with Crippen molar-refractivity contribution in [3.8, 4) is 5.75 Å². The summed E-state index contributed by atoms with van der Waals surface area (Å²) in [6.45, 7) is 6.06. The van der Waals surface area contributed by atoms with Gasteiger partial charge in [-0.15, -0.1) is 0 Å². The molecule has 6 nitrogen and oxygen atoms in total. The summed E-state index contributed by atoms with van der Waals surface area (Å²) < 4.78 is 5.65. The van der Waals surface area contributed by atoms with Crippen molar-refractivity contribution in [1.82, 2.24) is 10.6 Å². The van der Waals surface area contributed by atoms with Crippen LogP contribution in [-0.4, -0.2) is 44.6 Å². The van der Waals surface area contributed by atoms with Crippen LogP contribution >= 0.6 is 0 Å². The molecule has 2 aromatic carbocycles. The number of hydrogen-bond acceptors (Lipinski definition) is 4. The number of aryl methyl sites for hydroxylation is 2. The Hall–Kier alpha value is -3.02. The Morgan fingerprint density at radius 2 is 2.04 bits per heavy atom. The standard InChI is InChI=1S/C21H25N3O3/c1-15-5-3-7-17(13-15)27-12-10-22-19(25)14-24-11-9-23-21(26)20-16(2)6-4-8-18(20)24/h3-8,13H,9-12,14H2,1-2H3,(H,22,25)(H,23,26). The minimum atomic E-state index is -0.0929. The molecule has 0 unspecified atom stereocenters. The van der Waals surface area contributed by atoms with E-state index >= 15 is 0 Å². The van der Waals surface area contributed by atoms with Gasteiger partial charge in [0.15, 0.2) is 0 Å². The molecule has 0 spiro atoms. The summed E-state index contributed by atoms with van der Waals surface area (Å²) in [4.78, 5) is 26.6. The van der Waals surface area contributed by atoms with E-state index < -0.39 is 0 Å². The van der Waals surface area contributed by atoms with E-state index in [2.05, 4.69) is 10.6 Å². The minimum absolute atomic E-state index is 0.0856. The lowest BCUT2D eigenvalue weighted by Crippen LogP contribution is -2.40. The number of carbonyl (C=O) groups excluding carboxylic acids is 2. The van der Waals surface area contributed by atoms with Crippen LogP contribution in [0.3, 0.4) is 0 Å². The lowest BCUT2D eigenvalue weighted by atomic mass is 10.1. The summed E-state index contributed by atoms with van der Waals surface area (Å²) in [7, 11) is 0. The summed E-state index contributed by atoms with van der Waals surface area (Å²) in [6, 6.07) is 13.5. The third kappa shape index (κ3) is 4.78. The van der Waals surface area contributed by atoms with Gasteiger partial charge in [-0.3, -0.25) is 9.59 Å². The molecule has 0 aliphatic carbocycles. The first-order chi connectivity index (χ1) is 13.0. The van der Waals surface area contributed by atoms with Crippen molar-refractivity contribution in [3.63, 3.8) is 0 Å². The number of fused-ring (bicyclic) bond motifs is 1. The SMILES string of the molecule is Cc1cccc(OCCNC(=O)CN2CCNC(=O)c3c(C)cccc32)c1. The molecule has 2 aromatic rings. The zero-order valence-electron chi connectivity index (χ0n) is 15.7. The predicted octanol–water partition coefficient (Wildman–Crippen LogP) is 2.05. The summed E-state index contributed by atoms with van der Waals surface area (Å²) >= 11 is 0. The second-order valence-corrected chi connectivity index (χ2v) is 6.66. The van der Waals surface area contributed by atoms with E-state index in [1.165, 1.54) is 0 Å². The van der Waals surface area contributed by atoms with E-state index in [9.17, 15) is 9.59 Å². The molecule has 1 heterocycles. The number of rotatable bonds is 6. The Morgan fingerprint density at radius 1 is 1.22 bits per heavy atom. The number of benzene rings is 2. The minimum Gasteiger partial charge on any atom is -0.492 e. The molecule has 142 valence electrons. The normalized spacial score (nSPS) is 13.4. The Balaban J connectivity index is 1.54. The molecule has 0 fully saturated rings. The molecule has 0 atom stereocenters. The third-order valence-electron chi connectivity index (χ3n) is 4.50. The van der Waals surface area contributed by atoms with Crippen LogP contribution in [-0.2, 0) is 4.79 Å². The van der Waals surface area contributed by atoms with Gasteiger partial charge < -0.3 is 20.3 Å². The number of nitrogens with zero attached hydrogens (tertiary/aromatic N) is 1. The topological polar surface area (TPSA) is 70.7 Å². The van der Waals surface area contributed by atoms with Gasteiger partial charge in [-0.05, 0) is 43.2 Å². The van der Waals surface area contributed by atoms with Gasteiger partial charge in [0.05, 0.1) is 24.3 Å². The number of amides is 2. The van der Waals surface area contributed by atoms with Crippen molar-refractivity contribution in [2.45, 2.75) is 13.8 Å². The Morgan fingerprint density at radius 3 is 2.85 bits per heavy atom. The van der Waals surface area contributed by atoms with Gasteiger partial charge in [0.25, 0.3) is 5.91 Å². The highest BCUT2D eigenvalue weighted by atomic mass is 16.5. The molecular formula is C21H25N3O3. The zero-order valence-corrected chi connectivity index (χ0v) is 15.7. The largest absolute Gasteiger partial charge is 0.492 e. The van der Waals surface area contributed by atoms with Crippen LogP contribution in [0.4, 0.5) is 5.69 Å². The number of anilines is 1. The molecular weight excluding hydrogens is 342 g/mol. The van der Waals surface area contributed by atoms with Crippen molar-refractivity contribution in [2.24, 2.45) is 0 Å². The van der Waals surface area contributed by atoms with E-state index in [4.69, 9.17) is 4.74 Å². The van der Waals surface area contributed by atoms with Gasteiger partial charge in [-0.2, -0.15) is 0 Å². The predicted molar refractivity (Wildman–Crippen MR) is 105 cm³/mol. The fourth-order valence-electron chi connectivity index (χ4n) is 3.18. The van der Waals surface area contributed by atoms with Crippen molar-refractivity contribution in [2.75, 3.05) is 37.7 Å². The molecule has 1 aliphatic heterocycles. The van der Waals surface area contributed by atoms with Crippen LogP contribution in [0.25, 0.3) is 0 Å². The van der Waals surface area contributed by atoms with E-state index in [1.54, 1.807) is 0 Å². The molecule has 0 bridgehead atoms. The zero-order chi connectivity index (χ0) is 19.2. The van der Waals surface area contributed by atoms with Gasteiger partial charge in [-0.1, -0.05) is 24.3 Å². The molecule has 0 aromatic heterocycles. The Bertz CT molecular complexity index is 835. The molecule has 0 saturated heterocycles. The molecule has 6 heteroatoms. The number of nitrogens with one attached hydrogen (secondary N) is 2. The molecule has 27 heavy (non-hydrogen) atoms. The van der Waals surface area contributed by atoms with Gasteiger partial charge in [0, 0.05) is 13.1 Å². The average molecular weight is 367 g/mol. The molecule has 0 radical (unpaired) electrons. The number of hydrogen-bond donors (Lipinski definition) is 2. The van der Waals surface area contributed by atoms with Crippen LogP contribution < -0.4 is 20.3 Å². The first kappa shape index (κ1) is 18.8. The molecule has 2 amide bonds. The second kappa shape index (κ2) is 8.58. The van der Waals surface area contributed by atoms with E-state index in [0.29, 0.717) is 31.8 Å². The molecule has 3 rings (SSSR count). The highest BCUT2D eigenvalue weighted by Gasteiger charge is 2.23. The van der Waals surface area contributed by atoms with Crippen molar-refractivity contribution >= 4 is 17.5 Å². The second-order valence-electron chi connectivity index (χ2n) is 6.66. The van der Waals surface area contributed by atoms with E-state index in [0.717, 1.165) is 22.6 Å². The fraction of sp³-hybridized carbons (Fsp3) is 0.333. The lowest BCUT2D eigenvalue weighted by Gasteiger charge is -2.24. The van der Waals surface area contributed by atoms with Crippen LogP contribution in [0.1, 0.15) is 21.5 Å². The summed E-state index contributed by atoms with van der Waals surface area (Å²) in [6.07, 6.45) is 0. The van der Waals surface area contributed by atoms with Crippen molar-refractivity contribution in [1.29, 1.82) is 0 Å². The Labute approximate surface area is 159 Å². The highest BCUT2D eigenvalue weighted by Crippen LogP contribution is 2.25. The smallest absolute Gasteiger partial charge is 0.253 e. The first-order valence-corrected chi connectivity index (χ1v) is 9.13. The summed E-state index contributed by atoms with van der Waals surface area (Å²) in [5, 5.41) is 5.77. The first-order valence-electron chi connectivity index (χ1n) is 9.13. The maximum Gasteiger partial charge on any atom is 0.253 e.